The molecule has 0 atom stereocenters. The number of hydrogen-bond acceptors (Lipinski definition) is 3. The van der Waals surface area contributed by atoms with Gasteiger partial charge in [0.25, 0.3) is 0 Å². The lowest BCUT2D eigenvalue weighted by Crippen LogP contribution is -2.01. The average Bonchev–Trinajstić information content (AvgIpc) is 3.39. The van der Waals surface area contributed by atoms with Crippen LogP contribution in [0.1, 0.15) is 0 Å². The molecule has 0 aliphatic rings. The largest absolute Gasteiger partial charge is 0.456 e. The van der Waals surface area contributed by atoms with Gasteiger partial charge in [0.05, 0.1) is 10.8 Å². The molecule has 0 saturated heterocycles. The molecule has 0 saturated carbocycles. The first-order valence-corrected chi connectivity index (χ1v) is 14.1. The first kappa shape index (κ1) is 22.9. The van der Waals surface area contributed by atoms with Gasteiger partial charge in [-0.15, -0.1) is 11.3 Å². The van der Waals surface area contributed by atoms with Crippen molar-refractivity contribution in [2.24, 2.45) is 0 Å². The monoisotopic (exact) mass is 530 g/mol. The summed E-state index contributed by atoms with van der Waals surface area (Å²) in [6.07, 6.45) is 0. The zero-order chi connectivity index (χ0) is 26.6. The minimum Gasteiger partial charge on any atom is -0.456 e. The molecule has 2 aromatic heterocycles. The van der Waals surface area contributed by atoms with Crippen molar-refractivity contribution in [1.29, 1.82) is 0 Å². The molecule has 0 fully saturated rings. The van der Waals surface area contributed by atoms with Gasteiger partial charge >= 0.3 is 0 Å². The maximum Gasteiger partial charge on any atom is 0.200 e. The molecule has 0 N–H and O–H groups in total. The number of rotatable bonds is 3. The summed E-state index contributed by atoms with van der Waals surface area (Å²) >= 11 is 1.85. The molecule has 0 bridgehead atoms. The van der Waals surface area contributed by atoms with Crippen molar-refractivity contribution in [1.82, 2.24) is 0 Å². The van der Waals surface area contributed by atoms with Gasteiger partial charge in [-0.25, -0.2) is 0 Å². The molecule has 0 aliphatic heterocycles. The molecule has 0 aliphatic carbocycles. The normalized spacial score (nSPS) is 11.6. The molecule has 8 aromatic rings. The smallest absolute Gasteiger partial charge is 0.200 e. The minimum absolute atomic E-state index is 0.00162. The summed E-state index contributed by atoms with van der Waals surface area (Å²) in [7, 11) is 0. The van der Waals surface area contributed by atoms with Gasteiger partial charge in [-0.2, -0.15) is 0 Å². The summed E-state index contributed by atoms with van der Waals surface area (Å²) in [5.74, 6) is 0. The van der Waals surface area contributed by atoms with Gasteiger partial charge in [-0.05, 0) is 75.8 Å². The zero-order valence-corrected chi connectivity index (χ0v) is 22.2. The number of fused-ring (bicyclic) bond motifs is 5. The Kier molecular flexibility index (Phi) is 5.19. The van der Waals surface area contributed by atoms with E-state index in [1.165, 1.54) is 36.9 Å². The predicted octanol–water partition coefficient (Wildman–Crippen LogP) is 10.3. The predicted molar refractivity (Wildman–Crippen MR) is 169 cm³/mol. The molecule has 2 nitrogen and oxygen atoms in total. The Bertz CT molecular complexity index is 2270. The van der Waals surface area contributed by atoms with Crippen molar-refractivity contribution in [2.75, 3.05) is 0 Å². The molecular weight excluding hydrogens is 508 g/mol. The van der Waals surface area contributed by atoms with E-state index in [1.807, 2.05) is 53.8 Å². The first-order valence-electron chi connectivity index (χ1n) is 13.3. The van der Waals surface area contributed by atoms with Crippen LogP contribution in [-0.2, 0) is 0 Å². The van der Waals surface area contributed by atoms with E-state index in [1.54, 1.807) is 0 Å². The van der Waals surface area contributed by atoms with Crippen molar-refractivity contribution in [3.63, 3.8) is 0 Å². The van der Waals surface area contributed by atoms with E-state index in [2.05, 4.69) is 91.0 Å². The van der Waals surface area contributed by atoms with E-state index in [0.29, 0.717) is 21.9 Å². The highest BCUT2D eigenvalue weighted by Gasteiger charge is 2.10. The maximum atomic E-state index is 13.1. The second-order valence-corrected chi connectivity index (χ2v) is 11.2. The van der Waals surface area contributed by atoms with Gasteiger partial charge in [0.15, 0.2) is 0 Å². The fourth-order valence-electron chi connectivity index (χ4n) is 5.60. The van der Waals surface area contributed by atoms with E-state index in [0.717, 1.165) is 16.7 Å². The quantitative estimate of drug-likeness (QED) is 0.213. The Labute approximate surface area is 234 Å². The fraction of sp³-hybridized carbons (Fsp3) is 0. The van der Waals surface area contributed by atoms with Gasteiger partial charge in [0, 0.05) is 20.2 Å². The van der Waals surface area contributed by atoms with Crippen molar-refractivity contribution in [3.8, 4) is 33.4 Å². The number of thiophene rings is 1. The van der Waals surface area contributed by atoms with Gasteiger partial charge in [0.1, 0.15) is 11.2 Å². The standard InChI is InChI=1S/C37H22O2S/c38-37-30-6-1-3-7-33(30)39-34-19-17-27(22-32(34)37)25-13-9-23(10-14-25)24-11-15-26(16-12-24)28-18-20-36-31(21-28)29-5-2-4-8-35(29)40-36/h1-22H. The van der Waals surface area contributed by atoms with Crippen molar-refractivity contribution in [2.45, 2.75) is 0 Å². The highest BCUT2D eigenvalue weighted by atomic mass is 32.1. The summed E-state index contributed by atoms with van der Waals surface area (Å²) in [5, 5.41) is 3.85. The van der Waals surface area contributed by atoms with Gasteiger partial charge in [-0.1, -0.05) is 91.0 Å². The van der Waals surface area contributed by atoms with Crippen LogP contribution in [0.4, 0.5) is 0 Å². The van der Waals surface area contributed by atoms with Gasteiger partial charge < -0.3 is 4.42 Å². The topological polar surface area (TPSA) is 30.2 Å². The SMILES string of the molecule is O=c1c2ccccc2oc2ccc(-c3ccc(-c4ccc(-c5ccc6sc7ccccc7c6c5)cc4)cc3)cc12. The van der Waals surface area contributed by atoms with E-state index in [9.17, 15) is 4.79 Å². The lowest BCUT2D eigenvalue weighted by Gasteiger charge is -2.08. The maximum absolute atomic E-state index is 13.1. The molecule has 0 spiro atoms. The summed E-state index contributed by atoms with van der Waals surface area (Å²) in [6.45, 7) is 0. The van der Waals surface area contributed by atoms with Crippen molar-refractivity contribution < 1.29 is 4.42 Å². The van der Waals surface area contributed by atoms with Crippen LogP contribution < -0.4 is 5.43 Å². The van der Waals surface area contributed by atoms with E-state index < -0.39 is 0 Å². The van der Waals surface area contributed by atoms with Crippen LogP contribution in [0, 0.1) is 0 Å². The zero-order valence-electron chi connectivity index (χ0n) is 21.4. The Balaban J connectivity index is 1.10. The molecular formula is C37H22O2S. The van der Waals surface area contributed by atoms with Crippen LogP contribution in [0.5, 0.6) is 0 Å². The molecule has 188 valence electrons. The van der Waals surface area contributed by atoms with E-state index >= 15 is 0 Å². The minimum atomic E-state index is 0.00162. The number of benzene rings is 6. The van der Waals surface area contributed by atoms with Crippen LogP contribution in [0.15, 0.2) is 143 Å². The Morgan fingerprint density at radius 3 is 1.57 bits per heavy atom. The highest BCUT2D eigenvalue weighted by molar-refractivity contribution is 7.25. The summed E-state index contributed by atoms with van der Waals surface area (Å²) in [5.41, 5.74) is 8.04. The molecule has 0 radical (unpaired) electrons. The molecule has 8 rings (SSSR count). The first-order chi connectivity index (χ1) is 19.7. The molecule has 0 amide bonds. The average molecular weight is 531 g/mol. The highest BCUT2D eigenvalue weighted by Crippen LogP contribution is 2.37. The second kappa shape index (κ2) is 9.04. The molecule has 40 heavy (non-hydrogen) atoms. The Morgan fingerprint density at radius 1 is 0.400 bits per heavy atom. The molecule has 3 heteroatoms. The van der Waals surface area contributed by atoms with Crippen molar-refractivity contribution in [3.05, 3.63) is 144 Å². The number of hydrogen-bond donors (Lipinski definition) is 0. The van der Waals surface area contributed by atoms with E-state index in [-0.39, 0.29) is 5.43 Å². The summed E-state index contributed by atoms with van der Waals surface area (Å²) in [6, 6.07) is 45.9. The van der Waals surface area contributed by atoms with E-state index in [4.69, 9.17) is 4.42 Å². The summed E-state index contributed by atoms with van der Waals surface area (Å²) in [4.78, 5) is 13.1. The van der Waals surface area contributed by atoms with Gasteiger partial charge in [-0.3, -0.25) is 4.79 Å². The van der Waals surface area contributed by atoms with Crippen LogP contribution in [0.25, 0.3) is 75.5 Å². The fourth-order valence-corrected chi connectivity index (χ4v) is 6.69. The van der Waals surface area contributed by atoms with Crippen LogP contribution in [0.2, 0.25) is 0 Å². The number of para-hydroxylation sites is 1. The second-order valence-electron chi connectivity index (χ2n) is 10.1. The molecule has 2 heterocycles. The van der Waals surface area contributed by atoms with Crippen LogP contribution >= 0.6 is 11.3 Å². The van der Waals surface area contributed by atoms with Crippen molar-refractivity contribution >= 4 is 53.4 Å². The third-order valence-corrected chi connectivity index (χ3v) is 8.87. The third-order valence-electron chi connectivity index (χ3n) is 7.72. The molecule has 0 unspecified atom stereocenters. The summed E-state index contributed by atoms with van der Waals surface area (Å²) < 4.78 is 8.62. The van der Waals surface area contributed by atoms with Crippen LogP contribution in [-0.4, -0.2) is 0 Å². The van der Waals surface area contributed by atoms with Gasteiger partial charge in [0.2, 0.25) is 5.43 Å². The van der Waals surface area contributed by atoms with Crippen LogP contribution in [0.3, 0.4) is 0 Å². The Morgan fingerprint density at radius 2 is 0.875 bits per heavy atom. The lowest BCUT2D eigenvalue weighted by atomic mass is 9.97. The Hall–Kier alpha value is -4.99. The third kappa shape index (κ3) is 3.75. The molecule has 6 aromatic carbocycles. The lowest BCUT2D eigenvalue weighted by molar-refractivity contribution is 0.660.